The molecule has 19 heavy (non-hydrogen) atoms. The Balaban J connectivity index is 1.41. The minimum atomic E-state index is 0.529. The molecule has 0 amide bonds. The maximum atomic E-state index is 5.41. The van der Waals surface area contributed by atoms with E-state index in [0.717, 1.165) is 29.8 Å². The van der Waals surface area contributed by atoms with Gasteiger partial charge in [0.1, 0.15) is 0 Å². The van der Waals surface area contributed by atoms with Crippen LogP contribution in [0, 0.1) is 23.2 Å². The average molecular weight is 263 g/mol. The molecule has 108 valence electrons. The lowest BCUT2D eigenvalue weighted by molar-refractivity contribution is -0.0784. The third kappa shape index (κ3) is 2.06. The molecule has 5 aliphatic rings. The van der Waals surface area contributed by atoms with E-state index >= 15 is 0 Å². The molecule has 0 heterocycles. The van der Waals surface area contributed by atoms with Crippen molar-refractivity contribution in [1.82, 2.24) is 5.32 Å². The van der Waals surface area contributed by atoms with Gasteiger partial charge >= 0.3 is 0 Å². The van der Waals surface area contributed by atoms with Crippen LogP contribution in [0.15, 0.2) is 0 Å². The summed E-state index contributed by atoms with van der Waals surface area (Å²) < 4.78 is 5.41. The fourth-order valence-corrected chi connectivity index (χ4v) is 6.13. The van der Waals surface area contributed by atoms with E-state index in [2.05, 4.69) is 12.2 Å². The van der Waals surface area contributed by atoms with Crippen molar-refractivity contribution in [2.75, 3.05) is 7.11 Å². The summed E-state index contributed by atoms with van der Waals surface area (Å²) >= 11 is 0. The zero-order valence-electron chi connectivity index (χ0n) is 12.5. The van der Waals surface area contributed by atoms with E-state index in [9.17, 15) is 0 Å². The van der Waals surface area contributed by atoms with Crippen LogP contribution in [-0.4, -0.2) is 25.3 Å². The van der Waals surface area contributed by atoms with E-state index in [1.165, 1.54) is 32.1 Å². The fourth-order valence-electron chi connectivity index (χ4n) is 6.13. The Kier molecular flexibility index (Phi) is 2.97. The van der Waals surface area contributed by atoms with E-state index < -0.39 is 0 Å². The van der Waals surface area contributed by atoms with Gasteiger partial charge in [0.2, 0.25) is 0 Å². The largest absolute Gasteiger partial charge is 0.381 e. The minimum Gasteiger partial charge on any atom is -0.381 e. The van der Waals surface area contributed by atoms with Crippen LogP contribution in [0.3, 0.4) is 0 Å². The molecule has 2 heteroatoms. The van der Waals surface area contributed by atoms with Gasteiger partial charge in [-0.25, -0.2) is 0 Å². The average Bonchev–Trinajstić information content (AvgIpc) is 2.31. The van der Waals surface area contributed by atoms with Gasteiger partial charge < -0.3 is 10.1 Å². The second kappa shape index (κ2) is 4.46. The quantitative estimate of drug-likeness (QED) is 0.840. The van der Waals surface area contributed by atoms with Gasteiger partial charge in [0.05, 0.1) is 6.10 Å². The molecule has 4 bridgehead atoms. The van der Waals surface area contributed by atoms with Crippen LogP contribution in [0.4, 0.5) is 0 Å². The van der Waals surface area contributed by atoms with Crippen LogP contribution >= 0.6 is 0 Å². The maximum Gasteiger partial charge on any atom is 0.0601 e. The highest BCUT2D eigenvalue weighted by Gasteiger charge is 2.53. The first kappa shape index (κ1) is 12.6. The summed E-state index contributed by atoms with van der Waals surface area (Å²) in [7, 11) is 1.85. The Labute approximate surface area is 117 Å². The summed E-state index contributed by atoms with van der Waals surface area (Å²) in [6, 6.07) is 1.46. The monoisotopic (exact) mass is 263 g/mol. The molecule has 0 saturated heterocycles. The van der Waals surface area contributed by atoms with Crippen molar-refractivity contribution in [3.8, 4) is 0 Å². The molecule has 2 nitrogen and oxygen atoms in total. The zero-order valence-corrected chi connectivity index (χ0v) is 12.5. The Morgan fingerprint density at radius 3 is 1.95 bits per heavy atom. The van der Waals surface area contributed by atoms with Crippen molar-refractivity contribution < 1.29 is 4.74 Å². The molecule has 0 aromatic rings. The van der Waals surface area contributed by atoms with E-state index in [0.29, 0.717) is 11.5 Å². The van der Waals surface area contributed by atoms with E-state index in [4.69, 9.17) is 4.74 Å². The first-order chi connectivity index (χ1) is 9.17. The zero-order chi connectivity index (χ0) is 13.0. The predicted molar refractivity (Wildman–Crippen MR) is 77.0 cm³/mol. The molecular formula is C17H29NO. The minimum absolute atomic E-state index is 0.529. The SMILES string of the molecule is COC1CC(NC(C)C23CC4CC(CC(C4)C2)C3)C1. The van der Waals surface area contributed by atoms with Crippen molar-refractivity contribution in [2.24, 2.45) is 23.2 Å². The Hall–Kier alpha value is -0.0800. The van der Waals surface area contributed by atoms with Gasteiger partial charge in [0.25, 0.3) is 0 Å². The molecule has 5 saturated carbocycles. The number of hydrogen-bond donors (Lipinski definition) is 1. The molecule has 0 aromatic heterocycles. The van der Waals surface area contributed by atoms with Crippen LogP contribution in [0.1, 0.15) is 58.3 Å². The molecule has 5 aliphatic carbocycles. The molecule has 1 unspecified atom stereocenters. The van der Waals surface area contributed by atoms with Crippen LogP contribution < -0.4 is 5.32 Å². The standard InChI is InChI=1S/C17H29NO/c1-11(18-15-6-16(7-15)19-2)17-8-12-3-13(9-17)5-14(4-12)10-17/h11-16,18H,3-10H2,1-2H3. The lowest BCUT2D eigenvalue weighted by atomic mass is 9.48. The topological polar surface area (TPSA) is 21.3 Å². The van der Waals surface area contributed by atoms with E-state index in [1.54, 1.807) is 19.3 Å². The van der Waals surface area contributed by atoms with Crippen molar-refractivity contribution in [3.63, 3.8) is 0 Å². The number of ether oxygens (including phenoxy) is 1. The third-order valence-corrected chi connectivity index (χ3v) is 6.92. The lowest BCUT2D eigenvalue weighted by Gasteiger charge is -2.59. The summed E-state index contributed by atoms with van der Waals surface area (Å²) in [5.41, 5.74) is 0.660. The smallest absolute Gasteiger partial charge is 0.0601 e. The predicted octanol–water partition coefficient (Wildman–Crippen LogP) is 3.36. The highest BCUT2D eigenvalue weighted by molar-refractivity contribution is 5.06. The normalized spacial score (nSPS) is 53.1. The third-order valence-electron chi connectivity index (χ3n) is 6.92. The summed E-state index contributed by atoms with van der Waals surface area (Å²) in [6.07, 6.45) is 12.2. The van der Waals surface area contributed by atoms with Crippen LogP contribution in [0.5, 0.6) is 0 Å². The summed E-state index contributed by atoms with van der Waals surface area (Å²) in [5.74, 6) is 3.22. The molecule has 5 rings (SSSR count). The molecule has 5 fully saturated rings. The molecular weight excluding hydrogens is 234 g/mol. The van der Waals surface area contributed by atoms with E-state index in [-0.39, 0.29) is 0 Å². The first-order valence-electron chi connectivity index (χ1n) is 8.46. The maximum absolute atomic E-state index is 5.41. The second-order valence-corrected chi connectivity index (χ2v) is 8.19. The molecule has 0 spiro atoms. The van der Waals surface area contributed by atoms with Crippen molar-refractivity contribution in [1.29, 1.82) is 0 Å². The first-order valence-corrected chi connectivity index (χ1v) is 8.46. The molecule has 1 atom stereocenters. The highest BCUT2D eigenvalue weighted by atomic mass is 16.5. The summed E-state index contributed by atoms with van der Waals surface area (Å²) in [4.78, 5) is 0. The molecule has 0 radical (unpaired) electrons. The molecule has 0 aliphatic heterocycles. The summed E-state index contributed by atoms with van der Waals surface area (Å²) in [6.45, 7) is 2.48. The summed E-state index contributed by atoms with van der Waals surface area (Å²) in [5, 5.41) is 3.96. The van der Waals surface area contributed by atoms with Gasteiger partial charge in [0.15, 0.2) is 0 Å². The second-order valence-electron chi connectivity index (χ2n) is 8.19. The van der Waals surface area contributed by atoms with Gasteiger partial charge in [0, 0.05) is 19.2 Å². The fraction of sp³-hybridized carbons (Fsp3) is 1.00. The molecule has 0 aromatic carbocycles. The number of hydrogen-bond acceptors (Lipinski definition) is 2. The van der Waals surface area contributed by atoms with Crippen molar-refractivity contribution in [2.45, 2.75) is 76.5 Å². The highest BCUT2D eigenvalue weighted by Crippen LogP contribution is 2.61. The van der Waals surface area contributed by atoms with E-state index in [1.807, 2.05) is 7.11 Å². The van der Waals surface area contributed by atoms with Gasteiger partial charge in [-0.05, 0) is 81.5 Å². The Morgan fingerprint density at radius 2 is 1.47 bits per heavy atom. The Bertz CT molecular complexity index is 312. The van der Waals surface area contributed by atoms with Crippen LogP contribution in [-0.2, 0) is 4.74 Å². The van der Waals surface area contributed by atoms with Crippen molar-refractivity contribution >= 4 is 0 Å². The van der Waals surface area contributed by atoms with Crippen molar-refractivity contribution in [3.05, 3.63) is 0 Å². The van der Waals surface area contributed by atoms with Gasteiger partial charge in [-0.15, -0.1) is 0 Å². The number of nitrogens with one attached hydrogen (secondary N) is 1. The lowest BCUT2D eigenvalue weighted by Crippen LogP contribution is -2.58. The number of rotatable bonds is 4. The Morgan fingerprint density at radius 1 is 0.947 bits per heavy atom. The number of methoxy groups -OCH3 is 1. The van der Waals surface area contributed by atoms with Crippen LogP contribution in [0.25, 0.3) is 0 Å². The van der Waals surface area contributed by atoms with Gasteiger partial charge in [-0.2, -0.15) is 0 Å². The van der Waals surface area contributed by atoms with Gasteiger partial charge in [-0.1, -0.05) is 0 Å². The van der Waals surface area contributed by atoms with Crippen LogP contribution in [0.2, 0.25) is 0 Å². The molecule has 1 N–H and O–H groups in total. The van der Waals surface area contributed by atoms with Gasteiger partial charge in [-0.3, -0.25) is 0 Å².